The van der Waals surface area contributed by atoms with E-state index in [0.29, 0.717) is 18.4 Å². The number of aliphatic hydroxyl groups excluding tert-OH is 1. The minimum absolute atomic E-state index is 0.0314. The lowest BCUT2D eigenvalue weighted by atomic mass is 10.1. The van der Waals surface area contributed by atoms with Crippen molar-refractivity contribution >= 4 is 22.7 Å². The normalized spacial score (nSPS) is 18.4. The summed E-state index contributed by atoms with van der Waals surface area (Å²) in [6.45, 7) is 1.38. The van der Waals surface area contributed by atoms with Crippen molar-refractivity contribution in [3.8, 4) is 0 Å². The number of nitrogens with zero attached hydrogens (tertiary/aromatic N) is 2. The van der Waals surface area contributed by atoms with Crippen LogP contribution in [0.5, 0.6) is 0 Å². The lowest BCUT2D eigenvalue weighted by Gasteiger charge is -2.22. The Morgan fingerprint density at radius 3 is 3.00 bits per heavy atom. The van der Waals surface area contributed by atoms with E-state index in [1.807, 2.05) is 18.2 Å². The van der Waals surface area contributed by atoms with Crippen LogP contribution in [0.25, 0.3) is 10.9 Å². The van der Waals surface area contributed by atoms with E-state index in [1.54, 1.807) is 22.4 Å². The first-order valence-electron chi connectivity index (χ1n) is 8.14. The third kappa shape index (κ3) is 3.94. The third-order valence-electron chi connectivity index (χ3n) is 4.04. The highest BCUT2D eigenvalue weighted by Crippen LogP contribution is 2.23. The number of rotatable bonds is 6. The molecule has 3 rings (SSSR count). The van der Waals surface area contributed by atoms with Crippen LogP contribution in [0.4, 0.5) is 0 Å². The molecule has 0 radical (unpaired) electrons. The number of aliphatic hydroxyl groups is 1. The first-order chi connectivity index (χ1) is 11.3. The largest absolute Gasteiger partial charge is 0.396 e. The lowest BCUT2D eigenvalue weighted by molar-refractivity contribution is 0.0315. The zero-order chi connectivity index (χ0) is 16.1. The molecular weight excluding hydrogens is 312 g/mol. The van der Waals surface area contributed by atoms with Gasteiger partial charge in [-0.05, 0) is 37.8 Å². The summed E-state index contributed by atoms with van der Waals surface area (Å²) in [6, 6.07) is 7.42. The highest BCUT2D eigenvalue weighted by molar-refractivity contribution is 7.99. The summed E-state index contributed by atoms with van der Waals surface area (Å²) in [7, 11) is 0. The van der Waals surface area contributed by atoms with Gasteiger partial charge in [-0.2, -0.15) is 0 Å². The Morgan fingerprint density at radius 2 is 2.22 bits per heavy atom. The monoisotopic (exact) mass is 334 g/mol. The summed E-state index contributed by atoms with van der Waals surface area (Å²) >= 11 is 1.58. The zero-order valence-corrected chi connectivity index (χ0v) is 13.9. The van der Waals surface area contributed by atoms with E-state index in [-0.39, 0.29) is 18.3 Å². The average Bonchev–Trinajstić information content (AvgIpc) is 2.60. The molecule has 0 amide bonds. The van der Waals surface area contributed by atoms with Crippen LogP contribution in [0.1, 0.15) is 25.7 Å². The molecular formula is C17H22N2O3S. The Balaban J connectivity index is 1.87. The molecule has 0 aliphatic carbocycles. The molecule has 1 aromatic carbocycles. The van der Waals surface area contributed by atoms with Gasteiger partial charge < -0.3 is 9.84 Å². The molecule has 0 saturated carbocycles. The van der Waals surface area contributed by atoms with Crippen LogP contribution < -0.4 is 5.56 Å². The Hall–Kier alpha value is -1.37. The Bertz CT molecular complexity index is 711. The fourth-order valence-corrected chi connectivity index (χ4v) is 3.88. The predicted molar refractivity (Wildman–Crippen MR) is 92.0 cm³/mol. The van der Waals surface area contributed by atoms with E-state index >= 15 is 0 Å². The number of fused-ring (bicyclic) bond motifs is 1. The van der Waals surface area contributed by atoms with Crippen LogP contribution in [0.15, 0.2) is 34.2 Å². The van der Waals surface area contributed by atoms with Gasteiger partial charge in [0.15, 0.2) is 5.16 Å². The first-order valence-corrected chi connectivity index (χ1v) is 9.13. The summed E-state index contributed by atoms with van der Waals surface area (Å²) in [6.07, 6.45) is 4.20. The van der Waals surface area contributed by atoms with Gasteiger partial charge in [0.25, 0.3) is 5.56 Å². The number of hydrogen-bond donors (Lipinski definition) is 1. The highest BCUT2D eigenvalue weighted by Gasteiger charge is 2.17. The number of ether oxygens (including phenoxy) is 1. The molecule has 5 nitrogen and oxygen atoms in total. The molecule has 6 heteroatoms. The molecule has 1 aromatic heterocycles. The van der Waals surface area contributed by atoms with E-state index in [9.17, 15) is 4.79 Å². The summed E-state index contributed by atoms with van der Waals surface area (Å²) in [5.41, 5.74) is 0.695. The number of benzene rings is 1. The molecule has 1 N–H and O–H groups in total. The number of thioether (sulfide) groups is 1. The molecule has 1 atom stereocenters. The molecule has 2 heterocycles. The molecule has 0 bridgehead atoms. The van der Waals surface area contributed by atoms with Crippen molar-refractivity contribution in [2.45, 2.75) is 43.5 Å². The highest BCUT2D eigenvalue weighted by atomic mass is 32.2. The van der Waals surface area contributed by atoms with Crippen molar-refractivity contribution in [1.29, 1.82) is 0 Å². The number of hydrogen-bond acceptors (Lipinski definition) is 5. The Morgan fingerprint density at radius 1 is 1.35 bits per heavy atom. The SMILES string of the molecule is O=c1c2ccccc2nc(SCC2CCCCO2)n1CCCO. The van der Waals surface area contributed by atoms with Crippen molar-refractivity contribution in [2.75, 3.05) is 19.0 Å². The van der Waals surface area contributed by atoms with E-state index in [0.717, 1.165) is 35.9 Å². The van der Waals surface area contributed by atoms with Crippen molar-refractivity contribution in [3.05, 3.63) is 34.6 Å². The fourth-order valence-electron chi connectivity index (χ4n) is 2.79. The van der Waals surface area contributed by atoms with Crippen molar-refractivity contribution in [1.82, 2.24) is 9.55 Å². The molecule has 124 valence electrons. The van der Waals surface area contributed by atoms with Gasteiger partial charge in [-0.25, -0.2) is 4.98 Å². The molecule has 1 fully saturated rings. The first kappa shape index (κ1) is 16.5. The Labute approximate surface area is 139 Å². The minimum atomic E-state index is -0.0314. The number of para-hydroxylation sites is 1. The van der Waals surface area contributed by atoms with Gasteiger partial charge in [-0.15, -0.1) is 0 Å². The van der Waals surface area contributed by atoms with Crippen molar-refractivity contribution in [3.63, 3.8) is 0 Å². The van der Waals surface area contributed by atoms with Crippen molar-refractivity contribution < 1.29 is 9.84 Å². The lowest BCUT2D eigenvalue weighted by Crippen LogP contribution is -2.26. The maximum Gasteiger partial charge on any atom is 0.262 e. The van der Waals surface area contributed by atoms with Crippen LogP contribution in [-0.4, -0.2) is 39.7 Å². The van der Waals surface area contributed by atoms with Gasteiger partial charge in [-0.1, -0.05) is 23.9 Å². The molecule has 1 aliphatic heterocycles. The predicted octanol–water partition coefficient (Wildman–Crippen LogP) is 2.44. The van der Waals surface area contributed by atoms with Gasteiger partial charge in [0.1, 0.15) is 0 Å². The van der Waals surface area contributed by atoms with E-state index in [4.69, 9.17) is 9.84 Å². The second-order valence-electron chi connectivity index (χ2n) is 5.75. The van der Waals surface area contributed by atoms with E-state index in [1.165, 1.54) is 6.42 Å². The standard InChI is InChI=1S/C17H22N2O3S/c20-10-5-9-19-16(21)14-7-1-2-8-15(14)18-17(19)23-12-13-6-3-4-11-22-13/h1-2,7-8,13,20H,3-6,9-12H2. The molecule has 23 heavy (non-hydrogen) atoms. The molecule has 2 aromatic rings. The molecule has 1 saturated heterocycles. The van der Waals surface area contributed by atoms with Gasteiger partial charge in [-0.3, -0.25) is 9.36 Å². The maximum atomic E-state index is 12.7. The van der Waals surface area contributed by atoms with Crippen LogP contribution >= 0.6 is 11.8 Å². The van der Waals surface area contributed by atoms with Gasteiger partial charge in [0, 0.05) is 25.5 Å². The van der Waals surface area contributed by atoms with Crippen LogP contribution in [0.2, 0.25) is 0 Å². The quantitative estimate of drug-likeness (QED) is 0.649. The summed E-state index contributed by atoms with van der Waals surface area (Å²) in [4.78, 5) is 17.4. The molecule has 1 aliphatic rings. The molecule has 0 spiro atoms. The smallest absolute Gasteiger partial charge is 0.262 e. The average molecular weight is 334 g/mol. The van der Waals surface area contributed by atoms with Gasteiger partial charge in [0.2, 0.25) is 0 Å². The second kappa shape index (κ2) is 7.95. The summed E-state index contributed by atoms with van der Waals surface area (Å²) in [5, 5.41) is 10.4. The second-order valence-corrected chi connectivity index (χ2v) is 6.73. The molecule has 1 unspecified atom stereocenters. The van der Waals surface area contributed by atoms with Crippen LogP contribution in [-0.2, 0) is 11.3 Å². The van der Waals surface area contributed by atoms with Crippen LogP contribution in [0.3, 0.4) is 0 Å². The third-order valence-corrected chi connectivity index (χ3v) is 5.15. The topological polar surface area (TPSA) is 64.3 Å². The number of aromatic nitrogens is 2. The van der Waals surface area contributed by atoms with E-state index in [2.05, 4.69) is 4.98 Å². The van der Waals surface area contributed by atoms with Crippen LogP contribution in [0, 0.1) is 0 Å². The van der Waals surface area contributed by atoms with E-state index < -0.39 is 0 Å². The minimum Gasteiger partial charge on any atom is -0.396 e. The fraction of sp³-hybridized carbons (Fsp3) is 0.529. The zero-order valence-electron chi connectivity index (χ0n) is 13.1. The summed E-state index contributed by atoms with van der Waals surface area (Å²) < 4.78 is 7.45. The van der Waals surface area contributed by atoms with Gasteiger partial charge in [0.05, 0.1) is 17.0 Å². The van der Waals surface area contributed by atoms with Gasteiger partial charge >= 0.3 is 0 Å². The summed E-state index contributed by atoms with van der Waals surface area (Å²) in [5.74, 6) is 0.809. The Kier molecular flexibility index (Phi) is 5.70. The van der Waals surface area contributed by atoms with Crippen molar-refractivity contribution in [2.24, 2.45) is 0 Å². The maximum absolute atomic E-state index is 12.7.